The number of hydrogen-bond acceptors (Lipinski definition) is 7. The molecule has 1 unspecified atom stereocenters. The molecule has 0 aromatic carbocycles. The van der Waals surface area contributed by atoms with Gasteiger partial charge in [-0.15, -0.1) is 35.3 Å². The Kier molecular flexibility index (Phi) is 27.0. The number of thiazole rings is 1. The zero-order valence-electron chi connectivity index (χ0n) is 25.0. The summed E-state index contributed by atoms with van der Waals surface area (Å²) in [7, 11) is -1.96. The zero-order chi connectivity index (χ0) is 28.4. The number of alkyl carbamates (subject to hydrolysis) is 1. The highest BCUT2D eigenvalue weighted by Gasteiger charge is 2.16. The van der Waals surface area contributed by atoms with E-state index in [0.29, 0.717) is 19.4 Å². The molecular weight excluding hydrogens is 661 g/mol. The average molecular weight is 718 g/mol. The monoisotopic (exact) mass is 717 g/mol. The molecule has 1 rings (SSSR count). The van der Waals surface area contributed by atoms with Gasteiger partial charge in [-0.2, -0.15) is 0 Å². The van der Waals surface area contributed by atoms with Crippen LogP contribution in [0.15, 0.2) is 11.6 Å². The maximum Gasteiger partial charge on any atom is 0.407 e. The van der Waals surface area contributed by atoms with Crippen molar-refractivity contribution in [1.29, 1.82) is 0 Å². The molecule has 0 aliphatic heterocycles. The van der Waals surface area contributed by atoms with E-state index in [1.54, 1.807) is 6.20 Å². The van der Waals surface area contributed by atoms with Gasteiger partial charge in [-0.05, 0) is 12.8 Å². The predicted octanol–water partition coefficient (Wildman–Crippen LogP) is 7.62. The minimum atomic E-state index is -3.43. The van der Waals surface area contributed by atoms with E-state index in [4.69, 9.17) is 9.47 Å². The first-order valence-corrected chi connectivity index (χ1v) is 17.8. The maximum absolute atomic E-state index is 12.2. The fraction of sp³-hybridized carbons (Fsp3) is 0.862. The topological polar surface area (TPSA) is 107 Å². The second kappa shape index (κ2) is 27.3. The van der Waals surface area contributed by atoms with Crippen LogP contribution in [0.25, 0.3) is 0 Å². The van der Waals surface area contributed by atoms with Crippen LogP contribution in [0, 0.1) is 0 Å². The normalized spacial score (nSPS) is 12.2. The molecule has 0 saturated carbocycles. The summed E-state index contributed by atoms with van der Waals surface area (Å²) < 4.78 is 37.4. The molecule has 2 N–H and O–H groups in total. The molecule has 0 saturated heterocycles. The van der Waals surface area contributed by atoms with Crippen molar-refractivity contribution in [3.63, 3.8) is 0 Å². The molecule has 0 radical (unpaired) electrons. The maximum atomic E-state index is 12.2. The van der Waals surface area contributed by atoms with Crippen LogP contribution in [0.3, 0.4) is 0 Å². The Morgan fingerprint density at radius 2 is 1.45 bits per heavy atom. The number of aryl methyl sites for hydroxylation is 1. The Hall–Kier alpha value is -0.500. The molecule has 236 valence electrons. The number of carbonyl (C=O) groups is 1. The van der Waals surface area contributed by atoms with E-state index in [-0.39, 0.29) is 42.9 Å². The van der Waals surface area contributed by atoms with Crippen molar-refractivity contribution < 1.29 is 22.7 Å². The van der Waals surface area contributed by atoms with Crippen LogP contribution in [0.1, 0.15) is 121 Å². The molecule has 0 fully saturated rings. The van der Waals surface area contributed by atoms with Gasteiger partial charge in [0.1, 0.15) is 12.7 Å². The lowest BCUT2D eigenvalue weighted by molar-refractivity contribution is 0.0384. The number of ether oxygens (including phenoxy) is 2. The quantitative estimate of drug-likeness (QED) is 0.0717. The molecule has 1 heterocycles. The van der Waals surface area contributed by atoms with Crippen molar-refractivity contribution in [3.05, 3.63) is 16.6 Å². The van der Waals surface area contributed by atoms with Crippen LogP contribution in [0.5, 0.6) is 0 Å². The lowest BCUT2D eigenvalue weighted by Gasteiger charge is -2.16. The van der Waals surface area contributed by atoms with Crippen LogP contribution in [-0.2, 0) is 25.9 Å². The van der Waals surface area contributed by atoms with Gasteiger partial charge in [0.05, 0.1) is 10.8 Å². The molecule has 40 heavy (non-hydrogen) atoms. The highest BCUT2D eigenvalue weighted by molar-refractivity contribution is 14.0. The lowest BCUT2D eigenvalue weighted by Crippen LogP contribution is -2.38. The van der Waals surface area contributed by atoms with Crippen molar-refractivity contribution in [3.8, 4) is 0 Å². The molecular formula is C29H56IN3O5S2. The Labute approximate surface area is 265 Å². The molecule has 1 aromatic rings. The second-order valence-corrected chi connectivity index (χ2v) is 13.3. The molecule has 0 aliphatic carbocycles. The van der Waals surface area contributed by atoms with E-state index >= 15 is 0 Å². The number of amides is 1. The standard InChI is InChI=1S/C29H55N3O5S2.HI/c1-3-4-5-6-7-8-9-10-11-12-13-14-15-16-17-18-21-31-29(33)37-26-27(36-2)25-32-39(34,35)24-19-20-28-30-22-23-38-28;/h22-23,27,32H,3-21,24-26H2,1-2H3,(H,31,33);1H. The van der Waals surface area contributed by atoms with E-state index in [1.807, 2.05) is 5.38 Å². The summed E-state index contributed by atoms with van der Waals surface area (Å²) >= 11 is 1.52. The third kappa shape index (κ3) is 24.1. The van der Waals surface area contributed by atoms with Crippen molar-refractivity contribution >= 4 is 51.4 Å². The van der Waals surface area contributed by atoms with Gasteiger partial charge < -0.3 is 14.8 Å². The fourth-order valence-corrected chi connectivity index (χ4v) is 6.15. The third-order valence-electron chi connectivity index (χ3n) is 6.85. The Morgan fingerprint density at radius 1 is 0.900 bits per heavy atom. The summed E-state index contributed by atoms with van der Waals surface area (Å²) in [5, 5.41) is 5.57. The average Bonchev–Trinajstić information content (AvgIpc) is 3.44. The smallest absolute Gasteiger partial charge is 0.407 e. The van der Waals surface area contributed by atoms with Gasteiger partial charge in [-0.3, -0.25) is 0 Å². The highest BCUT2D eigenvalue weighted by atomic mass is 127. The summed E-state index contributed by atoms with van der Waals surface area (Å²) in [4.78, 5) is 16.1. The first kappa shape index (κ1) is 39.5. The largest absolute Gasteiger partial charge is 0.447 e. The Balaban J connectivity index is 0.0000152. The van der Waals surface area contributed by atoms with E-state index < -0.39 is 22.2 Å². The van der Waals surface area contributed by atoms with Crippen LogP contribution in [-0.4, -0.2) is 58.2 Å². The lowest BCUT2D eigenvalue weighted by atomic mass is 10.0. The molecule has 8 nitrogen and oxygen atoms in total. The fourth-order valence-electron chi connectivity index (χ4n) is 4.38. The van der Waals surface area contributed by atoms with Crippen molar-refractivity contribution in [2.75, 3.05) is 32.6 Å². The molecule has 0 spiro atoms. The van der Waals surface area contributed by atoms with E-state index in [0.717, 1.165) is 17.8 Å². The molecule has 0 bridgehead atoms. The van der Waals surface area contributed by atoms with Gasteiger partial charge in [0.15, 0.2) is 0 Å². The molecule has 1 amide bonds. The van der Waals surface area contributed by atoms with Crippen LogP contribution >= 0.6 is 35.3 Å². The highest BCUT2D eigenvalue weighted by Crippen LogP contribution is 2.13. The third-order valence-corrected chi connectivity index (χ3v) is 9.12. The van der Waals surface area contributed by atoms with Gasteiger partial charge in [0.25, 0.3) is 0 Å². The van der Waals surface area contributed by atoms with Gasteiger partial charge in [-0.25, -0.2) is 22.9 Å². The number of rotatable bonds is 27. The molecule has 1 atom stereocenters. The first-order valence-electron chi connectivity index (χ1n) is 15.3. The van der Waals surface area contributed by atoms with E-state index in [9.17, 15) is 13.2 Å². The first-order chi connectivity index (χ1) is 19.0. The summed E-state index contributed by atoms with van der Waals surface area (Å²) in [6.07, 6.45) is 22.9. The zero-order valence-corrected chi connectivity index (χ0v) is 29.0. The number of carbonyl (C=O) groups excluding carboxylic acids is 1. The number of nitrogens with one attached hydrogen (secondary N) is 2. The predicted molar refractivity (Wildman–Crippen MR) is 177 cm³/mol. The molecule has 0 aliphatic rings. The van der Waals surface area contributed by atoms with Gasteiger partial charge >= 0.3 is 6.09 Å². The number of unbranched alkanes of at least 4 members (excludes halogenated alkanes) is 15. The van der Waals surface area contributed by atoms with Crippen molar-refractivity contribution in [2.24, 2.45) is 0 Å². The van der Waals surface area contributed by atoms with Crippen LogP contribution < -0.4 is 10.0 Å². The van der Waals surface area contributed by atoms with Crippen molar-refractivity contribution in [2.45, 2.75) is 129 Å². The van der Waals surface area contributed by atoms with Crippen LogP contribution in [0.4, 0.5) is 4.79 Å². The minimum absolute atomic E-state index is 0. The van der Waals surface area contributed by atoms with Gasteiger partial charge in [0.2, 0.25) is 10.0 Å². The Bertz CT molecular complexity index is 798. The summed E-state index contributed by atoms with van der Waals surface area (Å²) in [6, 6.07) is 0. The Morgan fingerprint density at radius 3 is 1.95 bits per heavy atom. The van der Waals surface area contributed by atoms with E-state index in [1.165, 1.54) is 108 Å². The van der Waals surface area contributed by atoms with Crippen LogP contribution in [0.2, 0.25) is 0 Å². The van der Waals surface area contributed by atoms with E-state index in [2.05, 4.69) is 21.9 Å². The summed E-state index contributed by atoms with van der Waals surface area (Å²) in [5.41, 5.74) is 0. The second-order valence-electron chi connectivity index (χ2n) is 10.4. The number of sulfonamides is 1. The summed E-state index contributed by atoms with van der Waals surface area (Å²) in [5.74, 6) is 0.0175. The number of aromatic nitrogens is 1. The number of methoxy groups -OCH3 is 1. The van der Waals surface area contributed by atoms with Gasteiger partial charge in [-0.1, -0.05) is 103 Å². The minimum Gasteiger partial charge on any atom is -0.447 e. The molecule has 1 aromatic heterocycles. The van der Waals surface area contributed by atoms with Crippen molar-refractivity contribution in [1.82, 2.24) is 15.0 Å². The SMILES string of the molecule is CCCCCCCCCCCCCCCCCCNC(=O)OCC(CNS(=O)(=O)CCCc1nccs1)OC.I. The number of nitrogens with zero attached hydrogens (tertiary/aromatic N) is 1. The number of hydrogen-bond donors (Lipinski definition) is 2. The number of halogens is 1. The molecule has 11 heteroatoms. The van der Waals surface area contributed by atoms with Gasteiger partial charge in [0, 0.05) is 38.2 Å². The summed E-state index contributed by atoms with van der Waals surface area (Å²) in [6.45, 7) is 2.90.